The minimum atomic E-state index is -0.994. The highest BCUT2D eigenvalue weighted by molar-refractivity contribution is 6.37. The molecular formula is C14H18FNO3. The average Bonchev–Trinajstić information content (AvgIpc) is 2.36. The van der Waals surface area contributed by atoms with Gasteiger partial charge >= 0.3 is 11.9 Å². The summed E-state index contributed by atoms with van der Waals surface area (Å²) in [6, 6.07) is 5.63. The van der Waals surface area contributed by atoms with Crippen LogP contribution in [0.4, 0.5) is 10.1 Å². The summed E-state index contributed by atoms with van der Waals surface area (Å²) in [6.07, 6.45) is 1.62. The molecule has 0 aliphatic heterocycles. The molecule has 1 rings (SSSR count). The maximum atomic E-state index is 13.2. The van der Waals surface area contributed by atoms with Crippen LogP contribution < -0.4 is 5.32 Å². The Morgan fingerprint density at radius 3 is 2.63 bits per heavy atom. The molecule has 5 heteroatoms. The van der Waals surface area contributed by atoms with E-state index < -0.39 is 17.7 Å². The Balaban J connectivity index is 2.37. The third-order valence-electron chi connectivity index (χ3n) is 2.47. The maximum absolute atomic E-state index is 13.2. The SMILES string of the molecule is CC(C)CCCOC(=O)C(=O)Nc1ccccc1F. The van der Waals surface area contributed by atoms with E-state index in [1.807, 2.05) is 0 Å². The summed E-state index contributed by atoms with van der Waals surface area (Å²) in [6.45, 7) is 4.32. The van der Waals surface area contributed by atoms with Crippen LogP contribution in [0, 0.1) is 11.7 Å². The van der Waals surface area contributed by atoms with Gasteiger partial charge in [-0.25, -0.2) is 9.18 Å². The van der Waals surface area contributed by atoms with E-state index >= 15 is 0 Å². The minimum absolute atomic E-state index is 0.0355. The highest BCUT2D eigenvalue weighted by Gasteiger charge is 2.16. The molecule has 0 bridgehead atoms. The number of anilines is 1. The molecule has 0 aromatic heterocycles. The van der Waals surface area contributed by atoms with Crippen molar-refractivity contribution in [3.8, 4) is 0 Å². The van der Waals surface area contributed by atoms with Gasteiger partial charge in [0.25, 0.3) is 0 Å². The molecule has 0 saturated carbocycles. The number of amides is 1. The lowest BCUT2D eigenvalue weighted by atomic mass is 10.1. The van der Waals surface area contributed by atoms with Crippen molar-refractivity contribution in [1.82, 2.24) is 0 Å². The fourth-order valence-corrected chi connectivity index (χ4v) is 1.46. The Labute approximate surface area is 112 Å². The summed E-state index contributed by atoms with van der Waals surface area (Å²) in [5, 5.41) is 2.17. The van der Waals surface area contributed by atoms with E-state index in [9.17, 15) is 14.0 Å². The van der Waals surface area contributed by atoms with Gasteiger partial charge in [-0.2, -0.15) is 0 Å². The molecule has 1 aromatic carbocycles. The predicted octanol–water partition coefficient (Wildman–Crippen LogP) is 2.74. The Hall–Kier alpha value is -1.91. The topological polar surface area (TPSA) is 55.4 Å². The molecule has 104 valence electrons. The zero-order valence-corrected chi connectivity index (χ0v) is 11.1. The number of rotatable bonds is 5. The van der Waals surface area contributed by atoms with Crippen LogP contribution in [-0.2, 0) is 14.3 Å². The van der Waals surface area contributed by atoms with Crippen molar-refractivity contribution in [1.29, 1.82) is 0 Å². The molecule has 0 fully saturated rings. The van der Waals surface area contributed by atoms with Gasteiger partial charge in [0.1, 0.15) is 5.82 Å². The molecule has 1 amide bonds. The number of carbonyl (C=O) groups excluding carboxylic acids is 2. The lowest BCUT2D eigenvalue weighted by Crippen LogP contribution is -2.25. The molecular weight excluding hydrogens is 249 g/mol. The second-order valence-corrected chi connectivity index (χ2v) is 4.61. The molecule has 1 N–H and O–H groups in total. The van der Waals surface area contributed by atoms with Gasteiger partial charge in [-0.05, 0) is 30.9 Å². The smallest absolute Gasteiger partial charge is 0.397 e. The van der Waals surface area contributed by atoms with Crippen LogP contribution in [0.5, 0.6) is 0 Å². The third kappa shape index (κ3) is 5.50. The number of hydrogen-bond donors (Lipinski definition) is 1. The second kappa shape index (κ2) is 7.51. The number of esters is 1. The van der Waals surface area contributed by atoms with Crippen molar-refractivity contribution >= 4 is 17.6 Å². The summed E-state index contributed by atoms with van der Waals surface area (Å²) in [5.41, 5.74) is -0.0355. The summed E-state index contributed by atoms with van der Waals surface area (Å²) in [5.74, 6) is -2.03. The van der Waals surface area contributed by atoms with Crippen LogP contribution >= 0.6 is 0 Å². The highest BCUT2D eigenvalue weighted by Crippen LogP contribution is 2.12. The summed E-state index contributed by atoms with van der Waals surface area (Å²) in [7, 11) is 0. The Bertz CT molecular complexity index is 446. The molecule has 1 aromatic rings. The predicted molar refractivity (Wildman–Crippen MR) is 70.1 cm³/mol. The first-order chi connectivity index (χ1) is 9.00. The zero-order valence-electron chi connectivity index (χ0n) is 11.1. The lowest BCUT2D eigenvalue weighted by Gasteiger charge is -2.07. The van der Waals surface area contributed by atoms with Crippen molar-refractivity contribution in [2.24, 2.45) is 5.92 Å². The molecule has 0 atom stereocenters. The lowest BCUT2D eigenvalue weighted by molar-refractivity contribution is -0.152. The Morgan fingerprint density at radius 2 is 2.00 bits per heavy atom. The first-order valence-corrected chi connectivity index (χ1v) is 6.23. The number of nitrogens with one attached hydrogen (secondary N) is 1. The summed E-state index contributed by atoms with van der Waals surface area (Å²) in [4.78, 5) is 22.8. The van der Waals surface area contributed by atoms with Crippen LogP contribution in [0.3, 0.4) is 0 Å². The molecule has 0 radical (unpaired) electrons. The standard InChI is InChI=1S/C14H18FNO3/c1-10(2)6-5-9-19-14(18)13(17)16-12-8-4-3-7-11(12)15/h3-4,7-8,10H,5-6,9H2,1-2H3,(H,16,17). The fraction of sp³-hybridized carbons (Fsp3) is 0.429. The number of benzene rings is 1. The molecule has 0 unspecified atom stereocenters. The van der Waals surface area contributed by atoms with Crippen LogP contribution in [0.15, 0.2) is 24.3 Å². The number of para-hydroxylation sites is 1. The van der Waals surface area contributed by atoms with Crippen molar-refractivity contribution in [3.05, 3.63) is 30.1 Å². The van der Waals surface area contributed by atoms with Gasteiger partial charge in [-0.3, -0.25) is 4.79 Å². The van der Waals surface area contributed by atoms with Crippen LogP contribution in [0.2, 0.25) is 0 Å². The van der Waals surface area contributed by atoms with E-state index in [1.54, 1.807) is 6.07 Å². The fourth-order valence-electron chi connectivity index (χ4n) is 1.46. The average molecular weight is 267 g/mol. The van der Waals surface area contributed by atoms with Gasteiger partial charge < -0.3 is 10.1 Å². The van der Waals surface area contributed by atoms with Crippen molar-refractivity contribution in [2.45, 2.75) is 26.7 Å². The molecule has 0 heterocycles. The van der Waals surface area contributed by atoms with Crippen LogP contribution in [0.1, 0.15) is 26.7 Å². The molecule has 0 aliphatic rings. The molecule has 0 saturated heterocycles. The van der Waals surface area contributed by atoms with Crippen LogP contribution in [-0.4, -0.2) is 18.5 Å². The molecule has 0 aliphatic carbocycles. The monoisotopic (exact) mass is 267 g/mol. The van der Waals surface area contributed by atoms with E-state index in [0.29, 0.717) is 12.3 Å². The molecule has 0 spiro atoms. The first-order valence-electron chi connectivity index (χ1n) is 6.23. The van der Waals surface area contributed by atoms with Crippen molar-refractivity contribution < 1.29 is 18.7 Å². The van der Waals surface area contributed by atoms with E-state index in [4.69, 9.17) is 4.74 Å². The normalized spacial score (nSPS) is 10.3. The van der Waals surface area contributed by atoms with Gasteiger partial charge in [-0.1, -0.05) is 26.0 Å². The van der Waals surface area contributed by atoms with Gasteiger partial charge in [-0.15, -0.1) is 0 Å². The van der Waals surface area contributed by atoms with E-state index in [0.717, 1.165) is 6.42 Å². The minimum Gasteiger partial charge on any atom is -0.459 e. The quantitative estimate of drug-likeness (QED) is 0.507. The van der Waals surface area contributed by atoms with Gasteiger partial charge in [0.2, 0.25) is 0 Å². The molecule has 19 heavy (non-hydrogen) atoms. The summed E-state index contributed by atoms with van der Waals surface area (Å²) >= 11 is 0. The number of halogens is 1. The van der Waals surface area contributed by atoms with Gasteiger partial charge in [0.05, 0.1) is 12.3 Å². The van der Waals surface area contributed by atoms with Crippen LogP contribution in [0.25, 0.3) is 0 Å². The third-order valence-corrected chi connectivity index (χ3v) is 2.47. The van der Waals surface area contributed by atoms with E-state index in [1.165, 1.54) is 18.2 Å². The molecule has 4 nitrogen and oxygen atoms in total. The largest absolute Gasteiger partial charge is 0.459 e. The number of carbonyl (C=O) groups is 2. The highest BCUT2D eigenvalue weighted by atomic mass is 19.1. The van der Waals surface area contributed by atoms with Crippen molar-refractivity contribution in [3.63, 3.8) is 0 Å². The number of ether oxygens (including phenoxy) is 1. The second-order valence-electron chi connectivity index (χ2n) is 4.61. The number of hydrogen-bond acceptors (Lipinski definition) is 3. The van der Waals surface area contributed by atoms with Gasteiger partial charge in [0, 0.05) is 0 Å². The van der Waals surface area contributed by atoms with Crippen molar-refractivity contribution in [2.75, 3.05) is 11.9 Å². The maximum Gasteiger partial charge on any atom is 0.397 e. The summed E-state index contributed by atoms with van der Waals surface area (Å²) < 4.78 is 18.0. The van der Waals surface area contributed by atoms with E-state index in [2.05, 4.69) is 19.2 Å². The Morgan fingerprint density at radius 1 is 1.32 bits per heavy atom. The first kappa shape index (κ1) is 15.1. The Kier molecular flexibility index (Phi) is 5.99. The zero-order chi connectivity index (χ0) is 14.3. The van der Waals surface area contributed by atoms with E-state index in [-0.39, 0.29) is 12.3 Å². The van der Waals surface area contributed by atoms with Gasteiger partial charge in [0.15, 0.2) is 0 Å².